The van der Waals surface area contributed by atoms with E-state index in [-0.39, 0.29) is 52.5 Å². The average molecular weight is 616 g/mol. The van der Waals surface area contributed by atoms with Gasteiger partial charge in [0, 0.05) is 25.8 Å². The van der Waals surface area contributed by atoms with Crippen LogP contribution in [0.4, 0.5) is 0 Å². The van der Waals surface area contributed by atoms with E-state index in [1.165, 1.54) is 0 Å². The molecular formula is C32H59N2O7S+. The highest BCUT2D eigenvalue weighted by Gasteiger charge is 2.65. The smallest absolute Gasteiger partial charge is 0.265 e. The number of nitrogens with one attached hydrogen (secondary N) is 1. The molecule has 4 unspecified atom stereocenters. The minimum Gasteiger partial charge on any atom is -0.393 e. The third kappa shape index (κ3) is 7.20. The number of hydrogen-bond donors (Lipinski definition) is 5. The molecule has 5 N–H and O–H groups in total. The van der Waals surface area contributed by atoms with Gasteiger partial charge in [-0.1, -0.05) is 20.8 Å². The number of aliphatic hydroxyl groups excluding tert-OH is 3. The Labute approximate surface area is 254 Å². The largest absolute Gasteiger partial charge is 0.393 e. The maximum absolute atomic E-state index is 12.7. The van der Waals surface area contributed by atoms with Crippen LogP contribution in [0.5, 0.6) is 0 Å². The van der Waals surface area contributed by atoms with Crippen LogP contribution in [0.2, 0.25) is 0 Å². The second kappa shape index (κ2) is 12.9. The summed E-state index contributed by atoms with van der Waals surface area (Å²) < 4.78 is 31.5. The number of fused-ring (bicyclic) bond motifs is 5. The summed E-state index contributed by atoms with van der Waals surface area (Å²) in [5.41, 5.74) is -0.185. The molecule has 244 valence electrons. The van der Waals surface area contributed by atoms with E-state index >= 15 is 0 Å². The van der Waals surface area contributed by atoms with Crippen LogP contribution >= 0.6 is 0 Å². The lowest BCUT2D eigenvalue weighted by molar-refractivity contribution is -0.890. The SMILES string of the molecule is CC(CCC(=O)NCCC[N+](C)(C)CCCS(=O)(=O)O)[C@H]1CCC2C3C(C[C@H](O)[C@@]21C)[C@@]1(C)CC[C@@H](O)C[C@H]1C[C@H]3O. The standard InChI is InChI=1S/C32H58N2O7S/c1-21(8-11-29(38)33-14-6-15-34(4,5)16-7-17-42(39,40)41)24-9-10-25-30-26(20-28(37)32(24,25)3)31(2)13-12-23(35)18-22(31)19-27(30)36/h21-28,30,35-37H,6-20H2,1-5H3,(H-,33,38,39,40,41)/p+1/t21?,22-,23+,24+,25?,26?,27+,28-,30?,31-,32+/m0/s1. The molecule has 4 saturated carbocycles. The van der Waals surface area contributed by atoms with Crippen molar-refractivity contribution in [3.63, 3.8) is 0 Å². The molecule has 0 spiro atoms. The number of amides is 1. The predicted octanol–water partition coefficient (Wildman–Crippen LogP) is 3.22. The number of quaternary nitrogens is 1. The number of carbonyl (C=O) groups excluding carboxylic acids is 1. The molecule has 42 heavy (non-hydrogen) atoms. The zero-order valence-corrected chi connectivity index (χ0v) is 27.5. The van der Waals surface area contributed by atoms with Crippen molar-refractivity contribution in [2.24, 2.45) is 46.3 Å². The minimum absolute atomic E-state index is 0.0450. The van der Waals surface area contributed by atoms with Crippen molar-refractivity contribution in [2.45, 2.75) is 110 Å². The fourth-order valence-electron chi connectivity index (χ4n) is 10.3. The van der Waals surface area contributed by atoms with Gasteiger partial charge >= 0.3 is 0 Å². The molecular weight excluding hydrogens is 556 g/mol. The lowest BCUT2D eigenvalue weighted by atomic mass is 9.43. The summed E-state index contributed by atoms with van der Waals surface area (Å²) in [6.07, 6.45) is 7.47. The molecule has 1 amide bonds. The third-order valence-corrected chi connectivity index (χ3v) is 13.6. The summed E-state index contributed by atoms with van der Waals surface area (Å²) in [5.74, 6) is 1.52. The summed E-state index contributed by atoms with van der Waals surface area (Å²) >= 11 is 0. The van der Waals surface area contributed by atoms with Gasteiger partial charge in [-0.15, -0.1) is 0 Å². The summed E-state index contributed by atoms with van der Waals surface area (Å²) in [4.78, 5) is 12.7. The topological polar surface area (TPSA) is 144 Å². The summed E-state index contributed by atoms with van der Waals surface area (Å²) in [6.45, 7) is 8.87. The number of carbonyl (C=O) groups is 1. The average Bonchev–Trinajstić information content (AvgIpc) is 3.24. The van der Waals surface area contributed by atoms with E-state index in [0.29, 0.717) is 48.2 Å². The van der Waals surface area contributed by atoms with Gasteiger partial charge in [0.15, 0.2) is 0 Å². The highest BCUT2D eigenvalue weighted by Crippen LogP contribution is 2.68. The summed E-state index contributed by atoms with van der Waals surface area (Å²) in [5, 5.41) is 36.6. The van der Waals surface area contributed by atoms with Crippen molar-refractivity contribution in [2.75, 3.05) is 39.5 Å². The van der Waals surface area contributed by atoms with Crippen LogP contribution in [0, 0.1) is 46.3 Å². The zero-order valence-electron chi connectivity index (χ0n) is 26.7. The van der Waals surface area contributed by atoms with Gasteiger partial charge in [0.2, 0.25) is 5.91 Å². The first-order valence-corrected chi connectivity index (χ1v) is 18.2. The Kier molecular flexibility index (Phi) is 10.5. The normalized spacial score (nSPS) is 41.0. The molecule has 11 atom stereocenters. The molecule has 0 aromatic rings. The Bertz CT molecular complexity index is 1050. The maximum atomic E-state index is 12.7. The van der Waals surface area contributed by atoms with E-state index in [4.69, 9.17) is 4.55 Å². The van der Waals surface area contributed by atoms with Crippen LogP contribution < -0.4 is 5.32 Å². The van der Waals surface area contributed by atoms with Crippen molar-refractivity contribution in [1.82, 2.24) is 5.32 Å². The number of rotatable bonds is 12. The van der Waals surface area contributed by atoms with E-state index in [0.717, 1.165) is 64.3 Å². The van der Waals surface area contributed by atoms with Crippen molar-refractivity contribution in [3.05, 3.63) is 0 Å². The van der Waals surface area contributed by atoms with Crippen LogP contribution in [0.15, 0.2) is 0 Å². The van der Waals surface area contributed by atoms with Gasteiger partial charge in [0.05, 0.1) is 51.2 Å². The van der Waals surface area contributed by atoms with Crippen molar-refractivity contribution >= 4 is 16.0 Å². The van der Waals surface area contributed by atoms with Gasteiger partial charge in [0.1, 0.15) is 0 Å². The highest BCUT2D eigenvalue weighted by atomic mass is 32.2. The van der Waals surface area contributed by atoms with E-state index in [1.807, 2.05) is 14.1 Å². The Morgan fingerprint density at radius 2 is 1.69 bits per heavy atom. The molecule has 9 nitrogen and oxygen atoms in total. The van der Waals surface area contributed by atoms with Gasteiger partial charge in [-0.2, -0.15) is 8.42 Å². The Morgan fingerprint density at radius 3 is 2.38 bits per heavy atom. The minimum atomic E-state index is -3.93. The molecule has 0 radical (unpaired) electrons. The fraction of sp³-hybridized carbons (Fsp3) is 0.969. The quantitative estimate of drug-likeness (QED) is 0.129. The van der Waals surface area contributed by atoms with Gasteiger partial charge in [0.25, 0.3) is 10.1 Å². The first kappa shape index (κ1) is 34.1. The summed E-state index contributed by atoms with van der Waals surface area (Å²) in [7, 11) is 0.114. The molecule has 0 heterocycles. The van der Waals surface area contributed by atoms with Crippen molar-refractivity contribution in [3.8, 4) is 0 Å². The van der Waals surface area contributed by atoms with E-state index in [1.54, 1.807) is 0 Å². The molecule has 0 bridgehead atoms. The predicted molar refractivity (Wildman–Crippen MR) is 163 cm³/mol. The first-order valence-electron chi connectivity index (χ1n) is 16.6. The Morgan fingerprint density at radius 1 is 1.00 bits per heavy atom. The van der Waals surface area contributed by atoms with Crippen LogP contribution in [-0.2, 0) is 14.9 Å². The van der Waals surface area contributed by atoms with Crippen molar-refractivity contribution in [1.29, 1.82) is 0 Å². The van der Waals surface area contributed by atoms with Crippen molar-refractivity contribution < 1.29 is 37.6 Å². The van der Waals surface area contributed by atoms with E-state index in [9.17, 15) is 28.5 Å². The van der Waals surface area contributed by atoms with E-state index < -0.39 is 16.2 Å². The zero-order chi connectivity index (χ0) is 31.1. The van der Waals surface area contributed by atoms with Crippen LogP contribution in [0.3, 0.4) is 0 Å². The lowest BCUT2D eigenvalue weighted by Gasteiger charge is -2.63. The molecule has 4 rings (SSSR count). The van der Waals surface area contributed by atoms with Gasteiger partial charge in [-0.3, -0.25) is 9.35 Å². The molecule has 4 aliphatic rings. The van der Waals surface area contributed by atoms with Gasteiger partial charge in [-0.05, 0) is 97.7 Å². The second-order valence-corrected chi connectivity index (χ2v) is 17.3. The molecule has 0 aromatic heterocycles. The van der Waals surface area contributed by atoms with E-state index in [2.05, 4.69) is 26.1 Å². The molecule has 0 aliphatic heterocycles. The van der Waals surface area contributed by atoms with Gasteiger partial charge < -0.3 is 25.1 Å². The number of nitrogens with zero attached hydrogens (tertiary/aromatic N) is 1. The molecule has 10 heteroatoms. The van der Waals surface area contributed by atoms with Gasteiger partial charge in [-0.25, -0.2) is 0 Å². The first-order chi connectivity index (χ1) is 19.5. The molecule has 4 fully saturated rings. The van der Waals surface area contributed by atoms with Crippen LogP contribution in [0.1, 0.15) is 91.4 Å². The second-order valence-electron chi connectivity index (χ2n) is 15.8. The van der Waals surface area contributed by atoms with Crippen LogP contribution in [-0.4, -0.2) is 96.5 Å². The Balaban J connectivity index is 1.27. The summed E-state index contributed by atoms with van der Waals surface area (Å²) in [6, 6.07) is 0. The Hall–Kier alpha value is -0.780. The highest BCUT2D eigenvalue weighted by molar-refractivity contribution is 7.85. The molecule has 4 aliphatic carbocycles. The monoisotopic (exact) mass is 615 g/mol. The molecule has 0 aromatic carbocycles. The fourth-order valence-corrected chi connectivity index (χ4v) is 10.8. The molecule has 0 saturated heterocycles. The lowest BCUT2D eigenvalue weighted by Crippen LogP contribution is -2.62. The third-order valence-electron chi connectivity index (χ3n) is 12.8. The van der Waals surface area contributed by atoms with Crippen LogP contribution in [0.25, 0.3) is 0 Å². The maximum Gasteiger partial charge on any atom is 0.265 e. The number of hydrogen-bond acceptors (Lipinski definition) is 6. The number of aliphatic hydroxyl groups is 3.